The fourth-order valence-corrected chi connectivity index (χ4v) is 4.46. The molecule has 0 unspecified atom stereocenters. The first-order chi connectivity index (χ1) is 12.5. The molecule has 1 N–H and O–H groups in total. The van der Waals surface area contributed by atoms with Crippen molar-refractivity contribution in [1.82, 2.24) is 4.98 Å². The molecule has 0 atom stereocenters. The number of carbonyl (C=O) groups excluding carboxylic acids is 1. The number of thioether (sulfide) groups is 1. The van der Waals surface area contributed by atoms with E-state index in [1.807, 2.05) is 5.38 Å². The summed E-state index contributed by atoms with van der Waals surface area (Å²) in [6, 6.07) is 12.6. The van der Waals surface area contributed by atoms with Gasteiger partial charge in [-0.3, -0.25) is 4.79 Å². The lowest BCUT2D eigenvalue weighted by Gasteiger charge is -2.17. The van der Waals surface area contributed by atoms with E-state index >= 15 is 0 Å². The van der Waals surface area contributed by atoms with Crippen LogP contribution in [-0.4, -0.2) is 10.9 Å². The molecule has 3 nitrogen and oxygen atoms in total. The van der Waals surface area contributed by atoms with E-state index in [0.29, 0.717) is 10.9 Å². The van der Waals surface area contributed by atoms with Crippen LogP contribution in [0.1, 0.15) is 29.0 Å². The van der Waals surface area contributed by atoms with Crippen LogP contribution in [0.25, 0.3) is 0 Å². The van der Waals surface area contributed by atoms with Gasteiger partial charge in [0.2, 0.25) is 5.91 Å². The molecule has 0 fully saturated rings. The molecule has 1 heterocycles. The zero-order valence-corrected chi connectivity index (χ0v) is 15.5. The van der Waals surface area contributed by atoms with Crippen molar-refractivity contribution < 1.29 is 13.6 Å². The fraction of sp³-hybridized carbons (Fsp3) is 0.158. The van der Waals surface area contributed by atoms with Gasteiger partial charge in [-0.1, -0.05) is 24.3 Å². The number of anilines is 1. The van der Waals surface area contributed by atoms with Gasteiger partial charge in [0, 0.05) is 18.1 Å². The lowest BCUT2D eigenvalue weighted by Crippen LogP contribution is -2.05. The minimum absolute atomic E-state index is 0.0814. The molecule has 0 saturated heterocycles. The largest absolute Gasteiger partial charge is 0.302 e. The summed E-state index contributed by atoms with van der Waals surface area (Å²) in [6.45, 7) is 1.44. The summed E-state index contributed by atoms with van der Waals surface area (Å²) in [5, 5.41) is 5.04. The Bertz CT molecular complexity index is 834. The van der Waals surface area contributed by atoms with Gasteiger partial charge in [-0.25, -0.2) is 13.8 Å². The summed E-state index contributed by atoms with van der Waals surface area (Å²) in [7, 11) is 0. The summed E-state index contributed by atoms with van der Waals surface area (Å²) >= 11 is 2.98. The Labute approximate surface area is 158 Å². The van der Waals surface area contributed by atoms with Crippen LogP contribution in [0.3, 0.4) is 0 Å². The first-order valence-corrected chi connectivity index (χ1v) is 9.78. The van der Waals surface area contributed by atoms with Crippen molar-refractivity contribution in [2.75, 3.05) is 5.32 Å². The smallest absolute Gasteiger partial charge is 0.223 e. The number of hydrogen-bond donors (Lipinski definition) is 1. The van der Waals surface area contributed by atoms with E-state index in [2.05, 4.69) is 10.3 Å². The maximum atomic E-state index is 13.3. The number of halogens is 2. The van der Waals surface area contributed by atoms with Gasteiger partial charge >= 0.3 is 0 Å². The van der Waals surface area contributed by atoms with E-state index in [0.717, 1.165) is 16.8 Å². The number of nitrogens with zero attached hydrogens (tertiary/aromatic N) is 1. The van der Waals surface area contributed by atoms with E-state index in [4.69, 9.17) is 0 Å². The highest BCUT2D eigenvalue weighted by Gasteiger charge is 2.16. The normalized spacial score (nSPS) is 10.9. The third-order valence-electron chi connectivity index (χ3n) is 3.58. The lowest BCUT2D eigenvalue weighted by molar-refractivity contribution is -0.114. The minimum Gasteiger partial charge on any atom is -0.302 e. The first kappa shape index (κ1) is 18.5. The maximum absolute atomic E-state index is 13.3. The molecule has 26 heavy (non-hydrogen) atoms. The van der Waals surface area contributed by atoms with Gasteiger partial charge in [0.1, 0.15) is 11.6 Å². The van der Waals surface area contributed by atoms with E-state index in [1.54, 1.807) is 36.0 Å². The molecule has 0 saturated carbocycles. The molecule has 134 valence electrons. The van der Waals surface area contributed by atoms with E-state index in [-0.39, 0.29) is 22.8 Å². The fourth-order valence-electron chi connectivity index (χ4n) is 2.41. The number of carbonyl (C=O) groups is 1. The summed E-state index contributed by atoms with van der Waals surface area (Å²) < 4.78 is 26.5. The van der Waals surface area contributed by atoms with Crippen molar-refractivity contribution in [1.29, 1.82) is 0 Å². The number of hydrogen-bond acceptors (Lipinski definition) is 4. The second kappa shape index (κ2) is 8.42. The van der Waals surface area contributed by atoms with Crippen LogP contribution in [0.2, 0.25) is 0 Å². The predicted molar refractivity (Wildman–Crippen MR) is 102 cm³/mol. The highest BCUT2D eigenvalue weighted by atomic mass is 32.2. The Balaban J connectivity index is 1.79. The highest BCUT2D eigenvalue weighted by Crippen LogP contribution is 2.38. The van der Waals surface area contributed by atoms with Gasteiger partial charge in [-0.05, 0) is 35.4 Å². The van der Waals surface area contributed by atoms with Crippen LogP contribution in [-0.2, 0) is 10.5 Å². The summed E-state index contributed by atoms with van der Waals surface area (Å²) in [5.74, 6) is -0.142. The second-order valence-corrected chi connectivity index (χ2v) is 7.57. The van der Waals surface area contributed by atoms with Gasteiger partial charge in [-0.15, -0.1) is 23.1 Å². The zero-order valence-electron chi connectivity index (χ0n) is 13.9. The molecule has 0 aliphatic carbocycles. The summed E-state index contributed by atoms with van der Waals surface area (Å²) in [5.41, 5.74) is 2.71. The monoisotopic (exact) mass is 390 g/mol. The molecule has 0 bridgehead atoms. The van der Waals surface area contributed by atoms with Crippen LogP contribution in [0.5, 0.6) is 0 Å². The van der Waals surface area contributed by atoms with E-state index in [9.17, 15) is 13.6 Å². The first-order valence-electron chi connectivity index (χ1n) is 7.86. The lowest BCUT2D eigenvalue weighted by atomic mass is 10.0. The van der Waals surface area contributed by atoms with Crippen molar-refractivity contribution in [3.8, 4) is 0 Å². The SMILES string of the molecule is CC(=O)Nc1nc(CSC(c2ccc(F)cc2)c2ccc(F)cc2)cs1. The average Bonchev–Trinajstić information content (AvgIpc) is 3.04. The molecule has 3 aromatic rings. The highest BCUT2D eigenvalue weighted by molar-refractivity contribution is 7.98. The number of nitrogens with one attached hydrogen (secondary N) is 1. The standard InChI is InChI=1S/C19H16F2N2OS2/c1-12(24)22-19-23-17(11-26-19)10-25-18(13-2-6-15(20)7-3-13)14-4-8-16(21)9-5-14/h2-9,11,18H,10H2,1H3,(H,22,23,24). The number of amides is 1. The van der Waals surface area contributed by atoms with Crippen molar-refractivity contribution in [3.63, 3.8) is 0 Å². The van der Waals surface area contributed by atoms with Crippen LogP contribution in [0, 0.1) is 11.6 Å². The van der Waals surface area contributed by atoms with Gasteiger partial charge in [-0.2, -0.15) is 0 Å². The van der Waals surface area contributed by atoms with Crippen molar-refractivity contribution in [3.05, 3.63) is 82.4 Å². The molecule has 2 aromatic carbocycles. The maximum Gasteiger partial charge on any atom is 0.223 e. The molecule has 0 aliphatic heterocycles. The van der Waals surface area contributed by atoms with Crippen LogP contribution >= 0.6 is 23.1 Å². The molecule has 1 amide bonds. The molecular weight excluding hydrogens is 374 g/mol. The molecule has 3 rings (SSSR count). The molecular formula is C19H16F2N2OS2. The van der Waals surface area contributed by atoms with Gasteiger partial charge in [0.25, 0.3) is 0 Å². The van der Waals surface area contributed by atoms with Crippen molar-refractivity contribution >= 4 is 34.1 Å². The molecule has 0 aliphatic rings. The second-order valence-electron chi connectivity index (χ2n) is 5.62. The van der Waals surface area contributed by atoms with Crippen LogP contribution < -0.4 is 5.32 Å². The van der Waals surface area contributed by atoms with Crippen molar-refractivity contribution in [2.45, 2.75) is 17.9 Å². The minimum atomic E-state index is -0.295. The number of rotatable bonds is 6. The third kappa shape index (κ3) is 4.89. The van der Waals surface area contributed by atoms with Gasteiger partial charge < -0.3 is 5.32 Å². The van der Waals surface area contributed by atoms with Gasteiger partial charge in [0.15, 0.2) is 5.13 Å². The molecule has 0 spiro atoms. The van der Waals surface area contributed by atoms with E-state index in [1.165, 1.54) is 42.5 Å². The number of thiazole rings is 1. The Hall–Kier alpha value is -2.25. The predicted octanol–water partition coefficient (Wildman–Crippen LogP) is 5.40. The van der Waals surface area contributed by atoms with Gasteiger partial charge in [0.05, 0.1) is 10.9 Å². The third-order valence-corrected chi connectivity index (χ3v) is 5.72. The van der Waals surface area contributed by atoms with Crippen LogP contribution in [0.4, 0.5) is 13.9 Å². The quantitative estimate of drug-likeness (QED) is 0.612. The summed E-state index contributed by atoms with van der Waals surface area (Å²) in [4.78, 5) is 15.5. The Morgan fingerprint density at radius 1 is 1.08 bits per heavy atom. The Morgan fingerprint density at radius 2 is 1.62 bits per heavy atom. The average molecular weight is 390 g/mol. The molecule has 0 radical (unpaired) electrons. The number of benzene rings is 2. The Morgan fingerprint density at radius 3 is 2.12 bits per heavy atom. The molecule has 7 heteroatoms. The zero-order chi connectivity index (χ0) is 18.5. The number of aromatic nitrogens is 1. The Kier molecular flexibility index (Phi) is 6.00. The topological polar surface area (TPSA) is 42.0 Å². The molecule has 1 aromatic heterocycles. The van der Waals surface area contributed by atoms with Crippen molar-refractivity contribution in [2.24, 2.45) is 0 Å². The van der Waals surface area contributed by atoms with E-state index < -0.39 is 0 Å². The van der Waals surface area contributed by atoms with Crippen LogP contribution in [0.15, 0.2) is 53.9 Å². The summed E-state index contributed by atoms with van der Waals surface area (Å²) in [6.07, 6.45) is 0.